The van der Waals surface area contributed by atoms with Crippen LogP contribution in [0.2, 0.25) is 0 Å². The number of aliphatic carboxylic acids is 1. The lowest BCUT2D eigenvalue weighted by atomic mass is 9.87. The van der Waals surface area contributed by atoms with Crippen molar-refractivity contribution in [3.63, 3.8) is 0 Å². The summed E-state index contributed by atoms with van der Waals surface area (Å²) in [5.74, 6) is -2.16. The lowest BCUT2D eigenvalue weighted by molar-refractivity contribution is -0.161. The lowest BCUT2D eigenvalue weighted by Gasteiger charge is -2.25. The van der Waals surface area contributed by atoms with Crippen LogP contribution in [0.25, 0.3) is 11.1 Å². The van der Waals surface area contributed by atoms with Crippen LogP contribution in [0.4, 0.5) is 0 Å². The van der Waals surface area contributed by atoms with E-state index in [-0.39, 0.29) is 5.97 Å². The zero-order chi connectivity index (χ0) is 25.3. The van der Waals surface area contributed by atoms with Crippen molar-refractivity contribution in [1.29, 1.82) is 0 Å². The number of carbonyl (C=O) groups excluding carboxylic acids is 1. The normalized spacial score (nSPS) is 14.3. The van der Waals surface area contributed by atoms with E-state index < -0.39 is 34.2 Å². The Morgan fingerprint density at radius 3 is 1.97 bits per heavy atom. The average molecular weight is 487 g/mol. The first-order valence-corrected chi connectivity index (χ1v) is 13.5. The Kier molecular flexibility index (Phi) is 10.5. The summed E-state index contributed by atoms with van der Waals surface area (Å²) in [6.45, 7) is 7.56. The van der Waals surface area contributed by atoms with E-state index in [4.69, 9.17) is 4.74 Å². The quantitative estimate of drug-likeness (QED) is 0.358. The molecule has 3 atom stereocenters. The van der Waals surface area contributed by atoms with Gasteiger partial charge < -0.3 is 9.84 Å². The molecule has 186 valence electrons. The highest BCUT2D eigenvalue weighted by Crippen LogP contribution is 2.27. The van der Waals surface area contributed by atoms with Crippen molar-refractivity contribution in [2.75, 3.05) is 6.26 Å². The molecule has 0 spiro atoms. The van der Waals surface area contributed by atoms with Crippen LogP contribution in [-0.2, 0) is 31.5 Å². The van der Waals surface area contributed by atoms with Crippen molar-refractivity contribution in [1.82, 2.24) is 0 Å². The van der Waals surface area contributed by atoms with E-state index in [1.807, 2.05) is 69.3 Å². The Morgan fingerprint density at radius 1 is 0.941 bits per heavy atom. The van der Waals surface area contributed by atoms with Crippen LogP contribution in [0.5, 0.6) is 0 Å². The topological polar surface area (TPSA) is 80.7 Å². The maximum atomic E-state index is 12.7. The minimum atomic E-state index is -1.00. The molecule has 0 fully saturated rings. The van der Waals surface area contributed by atoms with Gasteiger partial charge in [-0.05, 0) is 75.3 Å². The van der Waals surface area contributed by atoms with E-state index in [1.54, 1.807) is 6.26 Å². The summed E-state index contributed by atoms with van der Waals surface area (Å²) in [4.78, 5) is 25.5. The van der Waals surface area contributed by atoms with E-state index in [0.717, 1.165) is 34.4 Å². The highest BCUT2D eigenvalue weighted by atomic mass is 32.2. The van der Waals surface area contributed by atoms with Gasteiger partial charge in [0.05, 0.1) is 11.8 Å². The second-order valence-corrected chi connectivity index (χ2v) is 11.2. The standard InChI is InChI=1S/C28H38O5S/c1-6-7-8-24(27(31)33-28(2,3)4)19-23(26(29)30)14-11-20-9-12-21(13-10-20)22-15-17-25(18-16-22)34(5)32/h9-10,12-13,15-18,23-24H,6-8,11,14,19H2,1-5H3,(H,29,30)/t23-,24+,34?/m1/s1. The summed E-state index contributed by atoms with van der Waals surface area (Å²) in [6.07, 6.45) is 5.52. The van der Waals surface area contributed by atoms with Gasteiger partial charge in [0.15, 0.2) is 0 Å². The Hall–Kier alpha value is -2.47. The number of benzene rings is 2. The molecule has 0 aliphatic heterocycles. The highest BCUT2D eigenvalue weighted by Gasteiger charge is 2.30. The molecule has 0 aliphatic rings. The van der Waals surface area contributed by atoms with Crippen molar-refractivity contribution in [2.45, 2.75) is 76.7 Å². The maximum Gasteiger partial charge on any atom is 0.309 e. The third-order valence-corrected chi connectivity index (χ3v) is 6.76. The summed E-state index contributed by atoms with van der Waals surface area (Å²) in [6, 6.07) is 15.7. The monoisotopic (exact) mass is 486 g/mol. The van der Waals surface area contributed by atoms with Gasteiger partial charge in [-0.1, -0.05) is 56.2 Å². The molecular formula is C28H38O5S. The van der Waals surface area contributed by atoms with Crippen LogP contribution in [-0.4, -0.2) is 33.1 Å². The minimum Gasteiger partial charge on any atom is -0.481 e. The van der Waals surface area contributed by atoms with Crippen LogP contribution >= 0.6 is 0 Å². The first kappa shape index (κ1) is 27.8. The van der Waals surface area contributed by atoms with E-state index >= 15 is 0 Å². The van der Waals surface area contributed by atoms with Crippen molar-refractivity contribution in [3.05, 3.63) is 54.1 Å². The number of esters is 1. The summed E-state index contributed by atoms with van der Waals surface area (Å²) in [7, 11) is -1.00. The number of carboxylic acid groups (broad SMARTS) is 1. The first-order valence-electron chi connectivity index (χ1n) is 12.0. The van der Waals surface area contributed by atoms with E-state index in [2.05, 4.69) is 6.92 Å². The molecule has 0 aromatic heterocycles. The number of rotatable bonds is 12. The second kappa shape index (κ2) is 12.8. The van der Waals surface area contributed by atoms with Gasteiger partial charge in [0, 0.05) is 22.0 Å². The van der Waals surface area contributed by atoms with Gasteiger partial charge in [-0.15, -0.1) is 0 Å². The number of carboxylic acids is 1. The number of aryl methyl sites for hydroxylation is 1. The number of unbranched alkanes of at least 4 members (excludes halogenated alkanes) is 1. The molecule has 34 heavy (non-hydrogen) atoms. The van der Waals surface area contributed by atoms with E-state index in [9.17, 15) is 18.9 Å². The summed E-state index contributed by atoms with van der Waals surface area (Å²) < 4.78 is 17.1. The molecule has 5 nitrogen and oxygen atoms in total. The fourth-order valence-corrected chi connectivity index (χ4v) is 4.42. The molecule has 0 radical (unpaired) electrons. The Bertz CT molecular complexity index is 958. The number of hydrogen-bond acceptors (Lipinski definition) is 4. The molecule has 1 N–H and O–H groups in total. The van der Waals surface area contributed by atoms with Gasteiger partial charge >= 0.3 is 11.9 Å². The number of hydrogen-bond donors (Lipinski definition) is 1. The van der Waals surface area contributed by atoms with E-state index in [1.165, 1.54) is 0 Å². The first-order chi connectivity index (χ1) is 16.0. The van der Waals surface area contributed by atoms with Crippen LogP contribution in [0.3, 0.4) is 0 Å². The molecule has 0 saturated carbocycles. The molecule has 0 heterocycles. The molecular weight excluding hydrogens is 448 g/mol. The molecule has 0 amide bonds. The van der Waals surface area contributed by atoms with Crippen LogP contribution in [0, 0.1) is 11.8 Å². The predicted molar refractivity (Wildman–Crippen MR) is 137 cm³/mol. The lowest BCUT2D eigenvalue weighted by Crippen LogP contribution is -2.31. The zero-order valence-corrected chi connectivity index (χ0v) is 21.8. The molecule has 2 aromatic rings. The minimum absolute atomic E-state index is 0.297. The fraction of sp³-hybridized carbons (Fsp3) is 0.500. The second-order valence-electron chi connectivity index (χ2n) is 9.86. The highest BCUT2D eigenvalue weighted by molar-refractivity contribution is 7.84. The molecule has 0 aliphatic carbocycles. The van der Waals surface area contributed by atoms with Gasteiger partial charge in [-0.3, -0.25) is 13.8 Å². The third kappa shape index (κ3) is 9.05. The number of carbonyl (C=O) groups is 2. The van der Waals surface area contributed by atoms with Crippen molar-refractivity contribution in [2.24, 2.45) is 11.8 Å². The Labute approximate surface area is 206 Å². The molecule has 6 heteroatoms. The van der Waals surface area contributed by atoms with Crippen molar-refractivity contribution in [3.8, 4) is 11.1 Å². The Balaban J connectivity index is 2.04. The molecule has 2 rings (SSSR count). The molecule has 0 saturated heterocycles. The summed E-state index contributed by atoms with van der Waals surface area (Å²) in [5.41, 5.74) is 2.57. The fourth-order valence-electron chi connectivity index (χ4n) is 3.90. The van der Waals surface area contributed by atoms with Crippen molar-refractivity contribution < 1.29 is 23.6 Å². The Morgan fingerprint density at radius 2 is 1.50 bits per heavy atom. The maximum absolute atomic E-state index is 12.7. The van der Waals surface area contributed by atoms with Crippen LogP contribution < -0.4 is 0 Å². The predicted octanol–water partition coefficient (Wildman–Crippen LogP) is 6.26. The zero-order valence-electron chi connectivity index (χ0n) is 21.0. The van der Waals surface area contributed by atoms with E-state index in [0.29, 0.717) is 25.7 Å². The third-order valence-electron chi connectivity index (χ3n) is 5.82. The SMILES string of the molecule is CCCC[C@@H](C[C@@H](CCc1ccc(-c2ccc(S(C)=O)cc2)cc1)C(=O)O)C(=O)OC(C)(C)C. The van der Waals surface area contributed by atoms with Gasteiger partial charge in [0.2, 0.25) is 0 Å². The molecule has 0 bridgehead atoms. The average Bonchev–Trinajstić information content (AvgIpc) is 2.77. The molecule has 2 aromatic carbocycles. The van der Waals surface area contributed by atoms with Gasteiger partial charge in [-0.2, -0.15) is 0 Å². The largest absolute Gasteiger partial charge is 0.481 e. The van der Waals surface area contributed by atoms with Crippen molar-refractivity contribution >= 4 is 22.7 Å². The summed E-state index contributed by atoms with van der Waals surface area (Å²) >= 11 is 0. The summed E-state index contributed by atoms with van der Waals surface area (Å²) in [5, 5.41) is 9.82. The number of ether oxygens (including phenoxy) is 1. The van der Waals surface area contributed by atoms with Gasteiger partial charge in [0.25, 0.3) is 0 Å². The van der Waals surface area contributed by atoms with Crippen LogP contribution in [0.15, 0.2) is 53.4 Å². The van der Waals surface area contributed by atoms with Crippen LogP contribution in [0.1, 0.15) is 65.4 Å². The smallest absolute Gasteiger partial charge is 0.309 e. The van der Waals surface area contributed by atoms with Gasteiger partial charge in [-0.25, -0.2) is 0 Å². The van der Waals surface area contributed by atoms with Gasteiger partial charge in [0.1, 0.15) is 5.60 Å². The molecule has 1 unspecified atom stereocenters.